The molecule has 0 radical (unpaired) electrons. The second-order valence-electron chi connectivity index (χ2n) is 11.9. The van der Waals surface area contributed by atoms with E-state index in [-0.39, 0.29) is 18.9 Å². The van der Waals surface area contributed by atoms with Crippen molar-refractivity contribution in [1.82, 2.24) is 0 Å². The molecular formula is C37H48O10. The zero-order chi connectivity index (χ0) is 34.5. The second kappa shape index (κ2) is 17.9. The van der Waals surface area contributed by atoms with Gasteiger partial charge in [-0.15, -0.1) is 0 Å². The molecule has 1 fully saturated rings. The van der Waals surface area contributed by atoms with Gasteiger partial charge in [0.05, 0.1) is 45.7 Å². The van der Waals surface area contributed by atoms with Crippen LogP contribution in [0.4, 0.5) is 0 Å². The van der Waals surface area contributed by atoms with Crippen LogP contribution in [0.3, 0.4) is 0 Å². The third kappa shape index (κ3) is 10.1. The molecule has 0 aliphatic carbocycles. The van der Waals surface area contributed by atoms with Crippen molar-refractivity contribution in [3.05, 3.63) is 89.5 Å². The normalized spacial score (nSPS) is 22.1. The quantitative estimate of drug-likeness (QED) is 0.116. The fraction of sp³-hybridized carbons (Fsp3) is 0.486. The minimum Gasteiger partial charge on any atom is -0.497 e. The van der Waals surface area contributed by atoms with Crippen LogP contribution in [0, 0.1) is 5.41 Å². The van der Waals surface area contributed by atoms with Gasteiger partial charge < -0.3 is 33.2 Å². The van der Waals surface area contributed by atoms with Gasteiger partial charge in [0.1, 0.15) is 12.0 Å². The highest BCUT2D eigenvalue weighted by molar-refractivity contribution is 5.83. The number of esters is 2. The van der Waals surface area contributed by atoms with Crippen molar-refractivity contribution < 1.29 is 47.5 Å². The van der Waals surface area contributed by atoms with E-state index in [1.165, 1.54) is 26.4 Å². The molecule has 0 N–H and O–H groups in total. The smallest absolute Gasteiger partial charge is 0.330 e. The lowest BCUT2D eigenvalue weighted by atomic mass is 9.74. The molecule has 47 heavy (non-hydrogen) atoms. The molecule has 2 aromatic rings. The first-order valence-electron chi connectivity index (χ1n) is 15.8. The molecule has 0 saturated carbocycles. The SMILES string of the molecule is CCC(=O)O[C@H]1/C(=C/C(=O)OC)CC(C[C@@H](OCc2ccc(OC)cc2)[C@H](C)OCc2ccccc2)O[C@@]1(OC)C(C)(C)/C=C/C=O. The summed E-state index contributed by atoms with van der Waals surface area (Å²) < 4.78 is 41.9. The number of hydrogen-bond donors (Lipinski definition) is 0. The van der Waals surface area contributed by atoms with Crippen LogP contribution in [0.15, 0.2) is 78.4 Å². The van der Waals surface area contributed by atoms with Crippen molar-refractivity contribution in [2.75, 3.05) is 21.3 Å². The molecule has 0 spiro atoms. The Morgan fingerprint density at radius 3 is 2.26 bits per heavy atom. The Balaban J connectivity index is 2.01. The second-order valence-corrected chi connectivity index (χ2v) is 11.9. The zero-order valence-corrected chi connectivity index (χ0v) is 28.4. The van der Waals surface area contributed by atoms with Crippen LogP contribution in [0.25, 0.3) is 0 Å². The largest absolute Gasteiger partial charge is 0.497 e. The van der Waals surface area contributed by atoms with Crippen molar-refractivity contribution in [3.63, 3.8) is 0 Å². The summed E-state index contributed by atoms with van der Waals surface area (Å²) in [5, 5.41) is 0. The number of carbonyl (C=O) groups is 3. The van der Waals surface area contributed by atoms with Crippen LogP contribution in [0.5, 0.6) is 5.75 Å². The van der Waals surface area contributed by atoms with Gasteiger partial charge in [0.15, 0.2) is 6.10 Å². The van der Waals surface area contributed by atoms with Gasteiger partial charge in [0, 0.05) is 31.4 Å². The summed E-state index contributed by atoms with van der Waals surface area (Å²) in [7, 11) is 4.34. The molecular weight excluding hydrogens is 604 g/mol. The molecule has 10 heteroatoms. The summed E-state index contributed by atoms with van der Waals surface area (Å²) >= 11 is 0. The van der Waals surface area contributed by atoms with E-state index in [9.17, 15) is 14.4 Å². The van der Waals surface area contributed by atoms with Crippen LogP contribution in [0.1, 0.15) is 58.1 Å². The van der Waals surface area contributed by atoms with E-state index in [0.717, 1.165) is 16.9 Å². The van der Waals surface area contributed by atoms with E-state index in [1.54, 1.807) is 20.1 Å². The molecule has 10 nitrogen and oxygen atoms in total. The minimum atomic E-state index is -1.63. The Morgan fingerprint density at radius 1 is 1.00 bits per heavy atom. The number of ether oxygens (including phenoxy) is 7. The number of carbonyl (C=O) groups excluding carboxylic acids is 3. The third-order valence-corrected chi connectivity index (χ3v) is 8.32. The predicted octanol–water partition coefficient (Wildman–Crippen LogP) is 5.91. The molecule has 1 aliphatic heterocycles. The van der Waals surface area contributed by atoms with Gasteiger partial charge in [-0.2, -0.15) is 0 Å². The van der Waals surface area contributed by atoms with E-state index >= 15 is 0 Å². The minimum absolute atomic E-state index is 0.0906. The summed E-state index contributed by atoms with van der Waals surface area (Å²) in [4.78, 5) is 36.7. The lowest BCUT2D eigenvalue weighted by Crippen LogP contribution is -2.63. The lowest BCUT2D eigenvalue weighted by Gasteiger charge is -2.53. The van der Waals surface area contributed by atoms with E-state index in [0.29, 0.717) is 31.5 Å². The molecule has 1 saturated heterocycles. The van der Waals surface area contributed by atoms with Gasteiger partial charge in [-0.3, -0.25) is 9.59 Å². The van der Waals surface area contributed by atoms with Crippen molar-refractivity contribution in [3.8, 4) is 5.75 Å². The van der Waals surface area contributed by atoms with Crippen molar-refractivity contribution in [2.24, 2.45) is 5.41 Å². The van der Waals surface area contributed by atoms with Crippen LogP contribution in [-0.2, 0) is 56.0 Å². The summed E-state index contributed by atoms with van der Waals surface area (Å²) in [6, 6.07) is 17.5. The maximum atomic E-state index is 12.7. The van der Waals surface area contributed by atoms with Crippen LogP contribution < -0.4 is 4.74 Å². The highest BCUT2D eigenvalue weighted by Crippen LogP contribution is 2.48. The standard InChI is InChI=1S/C37H48O10/c1-8-33(39)46-35-29(22-34(40)42-6)21-31(47-37(35,43-7)36(3,4)19-12-20-38)23-32(26(2)44-24-27-13-10-9-11-14-27)45-25-28-15-17-30(41-5)18-16-28/h9-20,22,26,31-32,35H,8,21,23-25H2,1-7H3/b19-12+,29-22+/t26-,31?,32+,35-,37+/m0/s1. The monoisotopic (exact) mass is 652 g/mol. The van der Waals surface area contributed by atoms with Gasteiger partial charge in [0.2, 0.25) is 5.79 Å². The topological polar surface area (TPSA) is 116 Å². The number of hydrogen-bond acceptors (Lipinski definition) is 10. The first-order valence-corrected chi connectivity index (χ1v) is 15.8. The first kappa shape index (κ1) is 37.6. The molecule has 0 bridgehead atoms. The third-order valence-electron chi connectivity index (χ3n) is 8.32. The maximum Gasteiger partial charge on any atom is 0.330 e. The Labute approximate surface area is 278 Å². The fourth-order valence-electron chi connectivity index (χ4n) is 5.60. The number of methoxy groups -OCH3 is 3. The molecule has 0 amide bonds. The van der Waals surface area contributed by atoms with Gasteiger partial charge in [0.25, 0.3) is 0 Å². The first-order chi connectivity index (χ1) is 22.5. The Bertz CT molecular complexity index is 1350. The number of rotatable bonds is 17. The molecule has 1 unspecified atom stereocenters. The van der Waals surface area contributed by atoms with E-state index < -0.39 is 41.5 Å². The van der Waals surface area contributed by atoms with Crippen molar-refractivity contribution in [1.29, 1.82) is 0 Å². The molecule has 5 atom stereocenters. The molecule has 1 aliphatic rings. The molecule has 1 heterocycles. The van der Waals surface area contributed by atoms with Crippen molar-refractivity contribution >= 4 is 18.2 Å². The molecule has 0 aromatic heterocycles. The van der Waals surface area contributed by atoms with Gasteiger partial charge in [-0.1, -0.05) is 69.3 Å². The molecule has 3 rings (SSSR count). The number of aldehydes is 1. The van der Waals surface area contributed by atoms with Crippen LogP contribution in [0.2, 0.25) is 0 Å². The van der Waals surface area contributed by atoms with E-state index in [2.05, 4.69) is 0 Å². The average Bonchev–Trinajstić information content (AvgIpc) is 3.09. The van der Waals surface area contributed by atoms with Crippen LogP contribution in [-0.4, -0.2) is 69.8 Å². The van der Waals surface area contributed by atoms with Gasteiger partial charge in [-0.05, 0) is 48.3 Å². The highest BCUT2D eigenvalue weighted by atomic mass is 16.7. The van der Waals surface area contributed by atoms with E-state index in [4.69, 9.17) is 33.2 Å². The Hall–Kier alpha value is -3.83. The Kier molecular flexibility index (Phi) is 14.3. The lowest BCUT2D eigenvalue weighted by molar-refractivity contribution is -0.339. The van der Waals surface area contributed by atoms with E-state index in [1.807, 2.05) is 75.4 Å². The maximum absolute atomic E-state index is 12.7. The summed E-state index contributed by atoms with van der Waals surface area (Å²) in [6.45, 7) is 7.91. The summed E-state index contributed by atoms with van der Waals surface area (Å²) in [6.07, 6.45) is 3.03. The number of allylic oxidation sites excluding steroid dienone is 1. The fourth-order valence-corrected chi connectivity index (χ4v) is 5.60. The van der Waals surface area contributed by atoms with Gasteiger partial charge in [-0.25, -0.2) is 4.79 Å². The average molecular weight is 653 g/mol. The predicted molar refractivity (Wildman–Crippen MR) is 175 cm³/mol. The van der Waals surface area contributed by atoms with Crippen LogP contribution >= 0.6 is 0 Å². The highest BCUT2D eigenvalue weighted by Gasteiger charge is 2.59. The molecule has 256 valence electrons. The summed E-state index contributed by atoms with van der Waals surface area (Å²) in [5.41, 5.74) is 1.40. The summed E-state index contributed by atoms with van der Waals surface area (Å²) in [5.74, 6) is -2.01. The molecule has 2 aromatic carbocycles. The number of benzene rings is 2. The van der Waals surface area contributed by atoms with Gasteiger partial charge >= 0.3 is 11.9 Å². The Morgan fingerprint density at radius 2 is 1.66 bits per heavy atom. The zero-order valence-electron chi connectivity index (χ0n) is 28.4. The van der Waals surface area contributed by atoms with Crippen molar-refractivity contribution in [2.45, 2.75) is 90.4 Å².